The molecule has 0 radical (unpaired) electrons. The van der Waals surface area contributed by atoms with E-state index >= 15 is 0 Å². The van der Waals surface area contributed by atoms with Gasteiger partial charge in [-0.15, -0.1) is 0 Å². The minimum absolute atomic E-state index is 0.150. The van der Waals surface area contributed by atoms with Crippen LogP contribution in [0.5, 0.6) is 5.75 Å². The smallest absolute Gasteiger partial charge is 0.240 e. The van der Waals surface area contributed by atoms with Gasteiger partial charge in [0.1, 0.15) is 5.75 Å². The zero-order valence-electron chi connectivity index (χ0n) is 19.0. The van der Waals surface area contributed by atoms with E-state index in [-0.39, 0.29) is 11.0 Å². The molecule has 3 N–H and O–H groups in total. The topological polar surface area (TPSA) is 91.8 Å². The number of benzene rings is 2. The van der Waals surface area contributed by atoms with E-state index in [4.69, 9.17) is 4.74 Å². The number of sulfonamides is 1. The standard InChI is InChI=1S/C23H34N4O3S/c1-6-18(4)30-22-14-17(3)8-11-20(22)16-27-23(25-7-2)26-15-19-9-12-21(13-10-19)31(28,29)24-5/h8-14,18,24H,6-7,15-16H2,1-5H3,(H2,25,26,27). The number of rotatable bonds is 10. The fourth-order valence-electron chi connectivity index (χ4n) is 2.80. The maximum Gasteiger partial charge on any atom is 0.240 e. The Morgan fingerprint density at radius 1 is 1.10 bits per heavy atom. The molecule has 1 atom stereocenters. The van der Waals surface area contributed by atoms with Gasteiger partial charge in [-0.25, -0.2) is 18.1 Å². The van der Waals surface area contributed by atoms with Gasteiger partial charge in [-0.05, 0) is 63.6 Å². The Labute approximate surface area is 186 Å². The van der Waals surface area contributed by atoms with Gasteiger partial charge in [0.05, 0.1) is 17.5 Å². The SMILES string of the molecule is CCNC(=NCc1ccc(S(=O)(=O)NC)cc1)NCc1ccc(C)cc1OC(C)CC. The molecule has 2 rings (SSSR count). The molecule has 0 aliphatic carbocycles. The molecule has 2 aromatic carbocycles. The number of hydrogen-bond donors (Lipinski definition) is 3. The van der Waals surface area contributed by atoms with Crippen molar-refractivity contribution in [2.45, 2.75) is 58.2 Å². The van der Waals surface area contributed by atoms with Crippen molar-refractivity contribution in [2.75, 3.05) is 13.6 Å². The lowest BCUT2D eigenvalue weighted by Gasteiger charge is -2.18. The van der Waals surface area contributed by atoms with Gasteiger partial charge in [-0.1, -0.05) is 31.2 Å². The summed E-state index contributed by atoms with van der Waals surface area (Å²) in [6.45, 7) is 9.98. The fourth-order valence-corrected chi connectivity index (χ4v) is 3.53. The Morgan fingerprint density at radius 3 is 2.42 bits per heavy atom. The Kier molecular flexibility index (Phi) is 9.33. The van der Waals surface area contributed by atoms with E-state index in [0.29, 0.717) is 19.0 Å². The van der Waals surface area contributed by atoms with E-state index < -0.39 is 10.0 Å². The number of aryl methyl sites for hydroxylation is 1. The second-order valence-corrected chi connectivity index (χ2v) is 9.23. The zero-order valence-corrected chi connectivity index (χ0v) is 19.8. The molecule has 0 bridgehead atoms. The summed E-state index contributed by atoms with van der Waals surface area (Å²) in [5.74, 6) is 1.57. The van der Waals surface area contributed by atoms with Crippen LogP contribution >= 0.6 is 0 Å². The molecule has 0 aliphatic rings. The van der Waals surface area contributed by atoms with Gasteiger partial charge in [0.15, 0.2) is 5.96 Å². The number of aliphatic imine (C=N–C) groups is 1. The average molecular weight is 447 g/mol. The van der Waals surface area contributed by atoms with E-state index in [9.17, 15) is 8.42 Å². The highest BCUT2D eigenvalue weighted by molar-refractivity contribution is 7.89. The molecule has 31 heavy (non-hydrogen) atoms. The largest absolute Gasteiger partial charge is 0.490 e. The van der Waals surface area contributed by atoms with Crippen molar-refractivity contribution >= 4 is 16.0 Å². The quantitative estimate of drug-likeness (QED) is 0.385. The van der Waals surface area contributed by atoms with Crippen molar-refractivity contribution in [3.8, 4) is 5.75 Å². The second-order valence-electron chi connectivity index (χ2n) is 7.35. The van der Waals surface area contributed by atoms with E-state index in [1.807, 2.05) is 6.92 Å². The Hall–Kier alpha value is -2.58. The molecule has 0 saturated heterocycles. The van der Waals surface area contributed by atoms with Crippen LogP contribution in [0.25, 0.3) is 0 Å². The van der Waals surface area contributed by atoms with Gasteiger partial charge in [0.2, 0.25) is 10.0 Å². The number of nitrogens with one attached hydrogen (secondary N) is 3. The lowest BCUT2D eigenvalue weighted by Crippen LogP contribution is -2.37. The van der Waals surface area contributed by atoms with Crippen LogP contribution in [-0.2, 0) is 23.1 Å². The first-order valence-electron chi connectivity index (χ1n) is 10.6. The van der Waals surface area contributed by atoms with E-state index in [0.717, 1.165) is 35.4 Å². The van der Waals surface area contributed by atoms with Crippen LogP contribution in [0, 0.1) is 6.92 Å². The molecule has 0 aromatic heterocycles. The van der Waals surface area contributed by atoms with Crippen molar-refractivity contribution in [2.24, 2.45) is 4.99 Å². The number of guanidine groups is 1. The molecule has 0 heterocycles. The van der Waals surface area contributed by atoms with Gasteiger partial charge in [-0.3, -0.25) is 0 Å². The molecule has 0 spiro atoms. The summed E-state index contributed by atoms with van der Waals surface area (Å²) in [7, 11) is -2.04. The molecule has 7 nitrogen and oxygen atoms in total. The fraction of sp³-hybridized carbons (Fsp3) is 0.435. The second kappa shape index (κ2) is 11.7. The van der Waals surface area contributed by atoms with E-state index in [2.05, 4.69) is 59.3 Å². The maximum atomic E-state index is 11.8. The van der Waals surface area contributed by atoms with Crippen LogP contribution in [0.1, 0.15) is 43.9 Å². The summed E-state index contributed by atoms with van der Waals surface area (Å²) in [5.41, 5.74) is 3.15. The molecular formula is C23H34N4O3S. The molecule has 170 valence electrons. The molecule has 0 amide bonds. The Bertz CT molecular complexity index is 973. The number of ether oxygens (including phenoxy) is 1. The summed E-state index contributed by atoms with van der Waals surface area (Å²) < 4.78 is 32.1. The summed E-state index contributed by atoms with van der Waals surface area (Å²) >= 11 is 0. The summed E-state index contributed by atoms with van der Waals surface area (Å²) in [6, 6.07) is 12.9. The van der Waals surface area contributed by atoms with Crippen LogP contribution in [-0.4, -0.2) is 34.1 Å². The number of nitrogens with zero attached hydrogens (tertiary/aromatic N) is 1. The van der Waals surface area contributed by atoms with Crippen molar-refractivity contribution < 1.29 is 13.2 Å². The van der Waals surface area contributed by atoms with Crippen molar-refractivity contribution in [3.63, 3.8) is 0 Å². The summed E-state index contributed by atoms with van der Waals surface area (Å²) in [5, 5.41) is 6.60. The van der Waals surface area contributed by atoms with Crippen LogP contribution in [0.3, 0.4) is 0 Å². The van der Waals surface area contributed by atoms with Crippen LogP contribution in [0.2, 0.25) is 0 Å². The minimum Gasteiger partial charge on any atom is -0.490 e. The van der Waals surface area contributed by atoms with Crippen LogP contribution < -0.4 is 20.1 Å². The Morgan fingerprint density at radius 2 is 1.81 bits per heavy atom. The first-order chi connectivity index (χ1) is 14.8. The van der Waals surface area contributed by atoms with Crippen LogP contribution in [0.15, 0.2) is 52.4 Å². The Balaban J connectivity index is 2.09. The predicted molar refractivity (Wildman–Crippen MR) is 126 cm³/mol. The van der Waals surface area contributed by atoms with E-state index in [1.165, 1.54) is 7.05 Å². The maximum absolute atomic E-state index is 11.8. The predicted octanol–water partition coefficient (Wildman–Crippen LogP) is 3.34. The molecule has 0 aliphatic heterocycles. The monoisotopic (exact) mass is 446 g/mol. The van der Waals surface area contributed by atoms with Gasteiger partial charge in [-0.2, -0.15) is 0 Å². The molecule has 0 saturated carbocycles. The van der Waals surface area contributed by atoms with Crippen molar-refractivity contribution in [1.29, 1.82) is 0 Å². The third-order valence-corrected chi connectivity index (χ3v) is 6.27. The molecule has 1 unspecified atom stereocenters. The zero-order chi connectivity index (χ0) is 22.9. The normalized spacial score (nSPS) is 13.0. The van der Waals surface area contributed by atoms with Crippen LogP contribution in [0.4, 0.5) is 0 Å². The van der Waals surface area contributed by atoms with Crippen molar-refractivity contribution in [3.05, 3.63) is 59.2 Å². The minimum atomic E-state index is -3.43. The highest BCUT2D eigenvalue weighted by Crippen LogP contribution is 2.22. The summed E-state index contributed by atoms with van der Waals surface area (Å²) in [4.78, 5) is 4.86. The van der Waals surface area contributed by atoms with E-state index in [1.54, 1.807) is 24.3 Å². The van der Waals surface area contributed by atoms with Gasteiger partial charge in [0, 0.05) is 18.7 Å². The lowest BCUT2D eigenvalue weighted by molar-refractivity contribution is 0.215. The highest BCUT2D eigenvalue weighted by atomic mass is 32.2. The molecule has 0 fully saturated rings. The first-order valence-corrected chi connectivity index (χ1v) is 12.1. The third kappa shape index (κ3) is 7.56. The summed E-state index contributed by atoms with van der Waals surface area (Å²) in [6.07, 6.45) is 1.09. The molecule has 8 heteroatoms. The van der Waals surface area contributed by atoms with Gasteiger partial charge >= 0.3 is 0 Å². The highest BCUT2D eigenvalue weighted by Gasteiger charge is 2.11. The van der Waals surface area contributed by atoms with Crippen molar-refractivity contribution in [1.82, 2.24) is 15.4 Å². The first kappa shape index (κ1) is 24.7. The average Bonchev–Trinajstić information content (AvgIpc) is 2.76. The lowest BCUT2D eigenvalue weighted by atomic mass is 10.1. The van der Waals surface area contributed by atoms with Gasteiger partial charge in [0.25, 0.3) is 0 Å². The van der Waals surface area contributed by atoms with Gasteiger partial charge < -0.3 is 15.4 Å². The molecule has 2 aromatic rings. The third-order valence-electron chi connectivity index (χ3n) is 4.84. The molecular weight excluding hydrogens is 412 g/mol. The number of hydrogen-bond acceptors (Lipinski definition) is 4.